The van der Waals surface area contributed by atoms with Crippen molar-refractivity contribution in [1.82, 2.24) is 19.9 Å². The second kappa shape index (κ2) is 9.05. The van der Waals surface area contributed by atoms with E-state index >= 15 is 0 Å². The third kappa shape index (κ3) is 4.23. The Labute approximate surface area is 215 Å². The molecule has 6 rings (SSSR count). The minimum atomic E-state index is -0.267. The molecular formula is C29H30N6O2. The average Bonchev–Trinajstić information content (AvgIpc) is 3.37. The van der Waals surface area contributed by atoms with Gasteiger partial charge in [-0.3, -0.25) is 4.79 Å². The molecule has 0 unspecified atom stereocenters. The standard InChI is InChI=1S/C29H30N6O2/c1-16-18(3)30-24-7-5-20(13-22(16)24)26-15-27(34-29(33-26)35-9-11-37-12-10-35)28(36)32-21-6-8-25-23(14-21)17(2)19(4)31-25/h5-8,13-15,30-31H,9-12H2,1-4H3,(H,32,36). The Morgan fingerprint density at radius 3 is 2.22 bits per heavy atom. The highest BCUT2D eigenvalue weighted by molar-refractivity contribution is 6.05. The van der Waals surface area contributed by atoms with Gasteiger partial charge in [-0.25, -0.2) is 9.97 Å². The Balaban J connectivity index is 1.39. The maximum atomic E-state index is 13.5. The van der Waals surface area contributed by atoms with E-state index in [1.807, 2.05) is 24.3 Å². The molecule has 1 aliphatic rings. The minimum Gasteiger partial charge on any atom is -0.378 e. The summed E-state index contributed by atoms with van der Waals surface area (Å²) in [6.45, 7) is 10.9. The number of hydrogen-bond acceptors (Lipinski definition) is 5. The first kappa shape index (κ1) is 23.2. The summed E-state index contributed by atoms with van der Waals surface area (Å²) in [5.74, 6) is 0.276. The van der Waals surface area contributed by atoms with E-state index in [1.54, 1.807) is 6.07 Å². The number of aromatic amines is 2. The van der Waals surface area contributed by atoms with Crippen LogP contribution in [0.3, 0.4) is 0 Å². The van der Waals surface area contributed by atoms with Gasteiger partial charge in [-0.2, -0.15) is 0 Å². The molecule has 0 bridgehead atoms. The number of aryl methyl sites for hydroxylation is 4. The summed E-state index contributed by atoms with van der Waals surface area (Å²) in [6.07, 6.45) is 0. The van der Waals surface area contributed by atoms with Crippen molar-refractivity contribution in [2.45, 2.75) is 27.7 Å². The van der Waals surface area contributed by atoms with Crippen molar-refractivity contribution >= 4 is 39.3 Å². The summed E-state index contributed by atoms with van der Waals surface area (Å²) in [4.78, 5) is 31.9. The van der Waals surface area contributed by atoms with Gasteiger partial charge in [0.05, 0.1) is 18.9 Å². The lowest BCUT2D eigenvalue weighted by atomic mass is 10.1. The molecule has 1 fully saturated rings. The van der Waals surface area contributed by atoms with E-state index in [0.717, 1.165) is 44.4 Å². The number of carbonyl (C=O) groups excluding carboxylic acids is 1. The summed E-state index contributed by atoms with van der Waals surface area (Å²) in [6, 6.07) is 13.9. The fourth-order valence-corrected chi connectivity index (χ4v) is 4.96. The van der Waals surface area contributed by atoms with Crippen molar-refractivity contribution in [2.24, 2.45) is 0 Å². The predicted molar refractivity (Wildman–Crippen MR) is 148 cm³/mol. The number of amides is 1. The maximum Gasteiger partial charge on any atom is 0.274 e. The SMILES string of the molecule is Cc1[nH]c2ccc(NC(=O)c3cc(-c4ccc5[nH]c(C)c(C)c5c4)nc(N4CCOCC4)n3)cc2c1C. The first-order valence-electron chi connectivity index (χ1n) is 12.6. The number of morpholine rings is 1. The Kier molecular flexibility index (Phi) is 5.68. The fourth-order valence-electron chi connectivity index (χ4n) is 4.96. The topological polar surface area (TPSA) is 98.9 Å². The third-order valence-electron chi connectivity index (χ3n) is 7.41. The summed E-state index contributed by atoms with van der Waals surface area (Å²) in [5, 5.41) is 5.29. The second-order valence-corrected chi connectivity index (χ2v) is 9.76. The van der Waals surface area contributed by atoms with Crippen LogP contribution in [0.1, 0.15) is 33.0 Å². The van der Waals surface area contributed by atoms with Gasteiger partial charge in [-0.1, -0.05) is 6.07 Å². The molecule has 2 aromatic carbocycles. The highest BCUT2D eigenvalue weighted by Crippen LogP contribution is 2.29. The predicted octanol–water partition coefficient (Wildman–Crippen LogP) is 5.43. The molecule has 5 aromatic rings. The van der Waals surface area contributed by atoms with Gasteiger partial charge in [0.15, 0.2) is 0 Å². The molecule has 37 heavy (non-hydrogen) atoms. The van der Waals surface area contributed by atoms with Crippen molar-refractivity contribution in [1.29, 1.82) is 0 Å². The van der Waals surface area contributed by atoms with Gasteiger partial charge in [0.2, 0.25) is 5.95 Å². The van der Waals surface area contributed by atoms with Crippen LogP contribution in [0, 0.1) is 27.7 Å². The molecule has 0 atom stereocenters. The highest BCUT2D eigenvalue weighted by Gasteiger charge is 2.20. The van der Waals surface area contributed by atoms with E-state index in [2.05, 4.69) is 65.0 Å². The number of carbonyl (C=O) groups is 1. The van der Waals surface area contributed by atoms with Crippen LogP contribution >= 0.6 is 0 Å². The molecule has 3 N–H and O–H groups in total. The van der Waals surface area contributed by atoms with Crippen molar-refractivity contribution in [3.05, 3.63) is 70.7 Å². The normalized spacial score (nSPS) is 14.0. The van der Waals surface area contributed by atoms with E-state index in [1.165, 1.54) is 11.1 Å². The average molecular weight is 495 g/mol. The molecule has 0 aliphatic carbocycles. The molecule has 0 radical (unpaired) electrons. The minimum absolute atomic E-state index is 0.267. The summed E-state index contributed by atoms with van der Waals surface area (Å²) in [5.41, 5.74) is 9.52. The van der Waals surface area contributed by atoms with Crippen LogP contribution in [-0.2, 0) is 4.74 Å². The molecule has 3 aromatic heterocycles. The van der Waals surface area contributed by atoms with E-state index in [9.17, 15) is 4.79 Å². The summed E-state index contributed by atoms with van der Waals surface area (Å²) in [7, 11) is 0. The quantitative estimate of drug-likeness (QED) is 0.309. The van der Waals surface area contributed by atoms with Gasteiger partial charge < -0.3 is 24.9 Å². The Morgan fingerprint density at radius 1 is 0.865 bits per heavy atom. The molecule has 1 saturated heterocycles. The van der Waals surface area contributed by atoms with E-state index in [4.69, 9.17) is 9.72 Å². The molecule has 1 aliphatic heterocycles. The highest BCUT2D eigenvalue weighted by atomic mass is 16.5. The van der Waals surface area contributed by atoms with Crippen LogP contribution in [0.5, 0.6) is 0 Å². The van der Waals surface area contributed by atoms with Gasteiger partial charge in [-0.05, 0) is 75.2 Å². The largest absolute Gasteiger partial charge is 0.378 e. The number of benzene rings is 2. The lowest BCUT2D eigenvalue weighted by Gasteiger charge is -2.27. The number of anilines is 2. The molecule has 8 nitrogen and oxygen atoms in total. The summed E-state index contributed by atoms with van der Waals surface area (Å²) < 4.78 is 5.52. The zero-order valence-electron chi connectivity index (χ0n) is 21.5. The summed E-state index contributed by atoms with van der Waals surface area (Å²) >= 11 is 0. The first-order chi connectivity index (χ1) is 17.9. The Bertz CT molecular complexity index is 1660. The van der Waals surface area contributed by atoms with Crippen LogP contribution in [-0.4, -0.2) is 52.1 Å². The van der Waals surface area contributed by atoms with E-state index in [-0.39, 0.29) is 5.91 Å². The van der Waals surface area contributed by atoms with Crippen LogP contribution in [0.2, 0.25) is 0 Å². The zero-order chi connectivity index (χ0) is 25.7. The maximum absolute atomic E-state index is 13.5. The number of rotatable bonds is 4. The third-order valence-corrected chi connectivity index (χ3v) is 7.41. The number of aromatic nitrogens is 4. The van der Waals surface area contributed by atoms with E-state index < -0.39 is 0 Å². The zero-order valence-corrected chi connectivity index (χ0v) is 21.5. The molecule has 0 saturated carbocycles. The molecule has 0 spiro atoms. The van der Waals surface area contributed by atoms with Gasteiger partial charge in [0.25, 0.3) is 5.91 Å². The number of ether oxygens (including phenoxy) is 1. The molecular weight excluding hydrogens is 464 g/mol. The van der Waals surface area contributed by atoms with Crippen LogP contribution in [0.15, 0.2) is 42.5 Å². The van der Waals surface area contributed by atoms with Gasteiger partial charge in [0, 0.05) is 57.5 Å². The lowest BCUT2D eigenvalue weighted by molar-refractivity contribution is 0.102. The van der Waals surface area contributed by atoms with Gasteiger partial charge in [-0.15, -0.1) is 0 Å². The number of hydrogen-bond donors (Lipinski definition) is 3. The molecule has 8 heteroatoms. The van der Waals surface area contributed by atoms with Crippen LogP contribution in [0.4, 0.5) is 11.6 Å². The Hall–Kier alpha value is -4.17. The molecule has 188 valence electrons. The number of fused-ring (bicyclic) bond motifs is 2. The number of nitrogens with one attached hydrogen (secondary N) is 3. The van der Waals surface area contributed by atoms with Crippen molar-refractivity contribution in [3.8, 4) is 11.3 Å². The van der Waals surface area contributed by atoms with Crippen molar-refractivity contribution in [2.75, 3.05) is 36.5 Å². The van der Waals surface area contributed by atoms with E-state index in [0.29, 0.717) is 43.6 Å². The van der Waals surface area contributed by atoms with Crippen LogP contribution in [0.25, 0.3) is 33.1 Å². The fraction of sp³-hybridized carbons (Fsp3) is 0.276. The molecule has 1 amide bonds. The van der Waals surface area contributed by atoms with Crippen molar-refractivity contribution in [3.63, 3.8) is 0 Å². The first-order valence-corrected chi connectivity index (χ1v) is 12.6. The Morgan fingerprint density at radius 2 is 1.51 bits per heavy atom. The second-order valence-electron chi connectivity index (χ2n) is 9.76. The molecule has 4 heterocycles. The van der Waals surface area contributed by atoms with Gasteiger partial charge in [0.1, 0.15) is 5.69 Å². The number of H-pyrrole nitrogens is 2. The van der Waals surface area contributed by atoms with Gasteiger partial charge >= 0.3 is 0 Å². The van der Waals surface area contributed by atoms with Crippen LogP contribution < -0.4 is 10.2 Å². The smallest absolute Gasteiger partial charge is 0.274 e. The monoisotopic (exact) mass is 494 g/mol. The lowest BCUT2D eigenvalue weighted by Crippen LogP contribution is -2.37. The number of nitrogens with zero attached hydrogens (tertiary/aromatic N) is 3. The van der Waals surface area contributed by atoms with Crippen molar-refractivity contribution < 1.29 is 9.53 Å².